The van der Waals surface area contributed by atoms with Gasteiger partial charge in [0.1, 0.15) is 0 Å². The highest BCUT2D eigenvalue weighted by atomic mass is 16.2. The Morgan fingerprint density at radius 2 is 1.78 bits per heavy atom. The van der Waals surface area contributed by atoms with Crippen LogP contribution in [0.1, 0.15) is 24.0 Å². The van der Waals surface area contributed by atoms with Crippen molar-refractivity contribution in [3.8, 4) is 0 Å². The molecule has 0 bridgehead atoms. The number of rotatable bonds is 1. The fraction of sp³-hybridized carbons (Fsp3) is 0.533. The molecule has 3 rings (SSSR count). The molecular weight excluding hydrogens is 224 g/mol. The molecule has 0 saturated carbocycles. The van der Waals surface area contributed by atoms with Gasteiger partial charge in [-0.1, -0.05) is 24.3 Å². The maximum atomic E-state index is 12.3. The van der Waals surface area contributed by atoms with Gasteiger partial charge in [-0.3, -0.25) is 4.79 Å². The van der Waals surface area contributed by atoms with Crippen LogP contribution in [0.4, 0.5) is 0 Å². The summed E-state index contributed by atoms with van der Waals surface area (Å²) in [6.07, 6.45) is 2.82. The van der Waals surface area contributed by atoms with Crippen LogP contribution in [0.5, 0.6) is 0 Å². The van der Waals surface area contributed by atoms with Crippen LogP contribution < -0.4 is 0 Å². The highest BCUT2D eigenvalue weighted by molar-refractivity contribution is 5.81. The van der Waals surface area contributed by atoms with Crippen molar-refractivity contribution in [2.45, 2.75) is 31.8 Å². The minimum Gasteiger partial charge on any atom is -0.335 e. The Morgan fingerprint density at radius 1 is 1.11 bits per heavy atom. The van der Waals surface area contributed by atoms with Gasteiger partial charge in [-0.2, -0.15) is 0 Å². The zero-order valence-corrected chi connectivity index (χ0v) is 10.9. The van der Waals surface area contributed by atoms with Crippen LogP contribution in [-0.4, -0.2) is 41.9 Å². The van der Waals surface area contributed by atoms with Gasteiger partial charge >= 0.3 is 0 Å². The first-order chi connectivity index (χ1) is 8.74. The lowest BCUT2D eigenvalue weighted by Crippen LogP contribution is -2.48. The maximum absolute atomic E-state index is 12.3. The highest BCUT2D eigenvalue weighted by Gasteiger charge is 2.30. The van der Waals surface area contributed by atoms with Crippen molar-refractivity contribution in [1.29, 1.82) is 0 Å². The number of benzene rings is 1. The van der Waals surface area contributed by atoms with Gasteiger partial charge in [0.15, 0.2) is 0 Å². The number of amides is 1. The van der Waals surface area contributed by atoms with E-state index in [4.69, 9.17) is 0 Å². The first-order valence-electron chi connectivity index (χ1n) is 6.79. The van der Waals surface area contributed by atoms with Gasteiger partial charge in [-0.25, -0.2) is 0 Å². The van der Waals surface area contributed by atoms with E-state index in [1.54, 1.807) is 0 Å². The Kier molecular flexibility index (Phi) is 3.08. The second-order valence-electron chi connectivity index (χ2n) is 5.50. The summed E-state index contributed by atoms with van der Waals surface area (Å²) in [6.45, 7) is 3.02. The number of carbonyl (C=O) groups excluding carboxylic acids is 1. The number of hydrogen-bond acceptors (Lipinski definition) is 2. The Hall–Kier alpha value is -1.35. The molecule has 3 nitrogen and oxygen atoms in total. The van der Waals surface area contributed by atoms with Crippen LogP contribution in [0.2, 0.25) is 0 Å². The normalized spacial score (nSPS) is 22.1. The van der Waals surface area contributed by atoms with E-state index in [9.17, 15) is 4.79 Å². The molecule has 3 heteroatoms. The average molecular weight is 244 g/mol. The van der Waals surface area contributed by atoms with Crippen LogP contribution in [0, 0.1) is 0 Å². The van der Waals surface area contributed by atoms with Crippen molar-refractivity contribution in [2.75, 3.05) is 20.1 Å². The molecule has 1 aromatic carbocycles. The number of likely N-dealkylation sites (tertiary alicyclic amines) is 1. The zero-order valence-electron chi connectivity index (χ0n) is 10.9. The molecule has 2 aliphatic rings. The van der Waals surface area contributed by atoms with E-state index in [1.165, 1.54) is 11.1 Å². The van der Waals surface area contributed by atoms with Gasteiger partial charge in [0, 0.05) is 12.6 Å². The number of fused-ring (bicyclic) bond motifs is 1. The molecule has 2 aliphatic heterocycles. The largest absolute Gasteiger partial charge is 0.335 e. The van der Waals surface area contributed by atoms with Gasteiger partial charge < -0.3 is 9.80 Å². The molecule has 0 aromatic heterocycles. The average Bonchev–Trinajstić information content (AvgIpc) is 2.39. The van der Waals surface area contributed by atoms with Gasteiger partial charge in [-0.15, -0.1) is 0 Å². The molecule has 0 radical (unpaired) electrons. The van der Waals surface area contributed by atoms with E-state index in [1.807, 2.05) is 6.07 Å². The third-order valence-corrected chi connectivity index (χ3v) is 4.25. The van der Waals surface area contributed by atoms with Crippen LogP contribution in [0.3, 0.4) is 0 Å². The summed E-state index contributed by atoms with van der Waals surface area (Å²) in [6, 6.07) is 8.78. The smallest absolute Gasteiger partial charge is 0.227 e. The topological polar surface area (TPSA) is 23.6 Å². The number of piperidine rings is 1. The first-order valence-corrected chi connectivity index (χ1v) is 6.79. The fourth-order valence-corrected chi connectivity index (χ4v) is 3.06. The molecule has 18 heavy (non-hydrogen) atoms. The maximum Gasteiger partial charge on any atom is 0.227 e. The molecule has 0 spiro atoms. The van der Waals surface area contributed by atoms with Crippen molar-refractivity contribution >= 4 is 5.91 Å². The third kappa shape index (κ3) is 2.15. The third-order valence-electron chi connectivity index (χ3n) is 4.25. The van der Waals surface area contributed by atoms with Crippen molar-refractivity contribution < 1.29 is 4.79 Å². The Labute approximate surface area is 108 Å². The molecule has 0 aliphatic carbocycles. The van der Waals surface area contributed by atoms with Gasteiger partial charge in [0.05, 0.1) is 6.42 Å². The summed E-state index contributed by atoms with van der Waals surface area (Å²) < 4.78 is 0. The quantitative estimate of drug-likeness (QED) is 0.750. The number of nitrogens with zero attached hydrogens (tertiary/aromatic N) is 2. The molecule has 1 aromatic rings. The summed E-state index contributed by atoms with van der Waals surface area (Å²) in [5.41, 5.74) is 2.54. The zero-order chi connectivity index (χ0) is 12.5. The Balaban J connectivity index is 1.76. The van der Waals surface area contributed by atoms with Crippen LogP contribution in [0.25, 0.3) is 0 Å². The van der Waals surface area contributed by atoms with E-state index < -0.39 is 0 Å². The number of carbonyl (C=O) groups is 1. The van der Waals surface area contributed by atoms with Crippen molar-refractivity contribution in [1.82, 2.24) is 9.80 Å². The highest BCUT2D eigenvalue weighted by Crippen LogP contribution is 2.25. The van der Waals surface area contributed by atoms with E-state index in [-0.39, 0.29) is 0 Å². The van der Waals surface area contributed by atoms with E-state index in [0.29, 0.717) is 18.4 Å². The standard InChI is InChI=1S/C15H20N2O/c1-16-8-6-14(7-9-16)17-11-13-5-3-2-4-12(13)10-15(17)18/h2-5,14H,6-11H2,1H3. The summed E-state index contributed by atoms with van der Waals surface area (Å²) in [5, 5.41) is 0. The minimum atomic E-state index is 0.309. The summed E-state index contributed by atoms with van der Waals surface area (Å²) in [5.74, 6) is 0.309. The van der Waals surface area contributed by atoms with Crippen LogP contribution >= 0.6 is 0 Å². The lowest BCUT2D eigenvalue weighted by atomic mass is 9.95. The Morgan fingerprint density at radius 3 is 2.50 bits per heavy atom. The number of hydrogen-bond donors (Lipinski definition) is 0. The van der Waals surface area contributed by atoms with Crippen molar-refractivity contribution in [2.24, 2.45) is 0 Å². The molecule has 1 fully saturated rings. The van der Waals surface area contributed by atoms with E-state index >= 15 is 0 Å². The minimum absolute atomic E-state index is 0.309. The molecule has 0 atom stereocenters. The summed E-state index contributed by atoms with van der Waals surface area (Å²) >= 11 is 0. The lowest BCUT2D eigenvalue weighted by Gasteiger charge is -2.39. The molecule has 0 unspecified atom stereocenters. The molecule has 96 valence electrons. The summed E-state index contributed by atoms with van der Waals surface area (Å²) in [4.78, 5) is 16.7. The molecule has 0 N–H and O–H groups in total. The second-order valence-corrected chi connectivity index (χ2v) is 5.50. The summed E-state index contributed by atoms with van der Waals surface area (Å²) in [7, 11) is 2.16. The van der Waals surface area contributed by atoms with E-state index in [2.05, 4.69) is 35.0 Å². The first kappa shape index (κ1) is 11.7. The lowest BCUT2D eigenvalue weighted by molar-refractivity contribution is -0.135. The second kappa shape index (κ2) is 4.73. The van der Waals surface area contributed by atoms with Gasteiger partial charge in [0.25, 0.3) is 0 Å². The van der Waals surface area contributed by atoms with E-state index in [0.717, 1.165) is 32.5 Å². The Bertz CT molecular complexity index is 450. The predicted molar refractivity (Wildman–Crippen MR) is 71.2 cm³/mol. The van der Waals surface area contributed by atoms with Gasteiger partial charge in [-0.05, 0) is 44.1 Å². The van der Waals surface area contributed by atoms with Crippen LogP contribution in [-0.2, 0) is 17.8 Å². The predicted octanol–water partition coefficient (Wildman–Crippen LogP) is 1.67. The van der Waals surface area contributed by atoms with Crippen LogP contribution in [0.15, 0.2) is 24.3 Å². The fourth-order valence-electron chi connectivity index (χ4n) is 3.06. The molecule has 1 amide bonds. The molecular formula is C15H20N2O. The van der Waals surface area contributed by atoms with Crippen molar-refractivity contribution in [3.05, 3.63) is 35.4 Å². The SMILES string of the molecule is CN1CCC(N2Cc3ccccc3CC2=O)CC1. The van der Waals surface area contributed by atoms with Crippen molar-refractivity contribution in [3.63, 3.8) is 0 Å². The van der Waals surface area contributed by atoms with Gasteiger partial charge in [0.2, 0.25) is 5.91 Å². The molecule has 2 heterocycles. The molecule has 1 saturated heterocycles. The monoisotopic (exact) mass is 244 g/mol.